The van der Waals surface area contributed by atoms with Crippen molar-refractivity contribution < 1.29 is 13.2 Å². The van der Waals surface area contributed by atoms with Crippen LogP contribution in [0.3, 0.4) is 0 Å². The Labute approximate surface area is 131 Å². The van der Waals surface area contributed by atoms with Gasteiger partial charge in [-0.1, -0.05) is 12.1 Å². The van der Waals surface area contributed by atoms with Crippen molar-refractivity contribution in [2.45, 2.75) is 24.9 Å². The number of benzene rings is 1. The first-order chi connectivity index (χ1) is 10.9. The first-order valence-corrected chi connectivity index (χ1v) is 7.46. The number of hydrogen-bond acceptors (Lipinski definition) is 4. The highest BCUT2D eigenvalue weighted by Gasteiger charge is 2.30. The second-order valence-electron chi connectivity index (χ2n) is 5.65. The van der Waals surface area contributed by atoms with Crippen LogP contribution >= 0.6 is 0 Å². The van der Waals surface area contributed by atoms with E-state index in [0.717, 1.165) is 49.3 Å². The molecule has 0 radical (unpaired) electrons. The number of anilines is 1. The third-order valence-electron chi connectivity index (χ3n) is 4.04. The summed E-state index contributed by atoms with van der Waals surface area (Å²) in [5.74, 6) is 0.368. The maximum Gasteiger partial charge on any atom is 0.416 e. The molecule has 1 fully saturated rings. The van der Waals surface area contributed by atoms with Crippen LogP contribution in [0.5, 0.6) is 0 Å². The molecule has 7 heteroatoms. The van der Waals surface area contributed by atoms with E-state index in [1.165, 1.54) is 12.1 Å². The van der Waals surface area contributed by atoms with Crippen LogP contribution in [0.25, 0.3) is 11.1 Å². The number of rotatable bonds is 2. The zero-order valence-electron chi connectivity index (χ0n) is 12.4. The van der Waals surface area contributed by atoms with Gasteiger partial charge in [-0.15, -0.1) is 0 Å². The Bertz CT molecular complexity index is 677. The molecule has 2 heterocycles. The zero-order chi connectivity index (χ0) is 16.4. The van der Waals surface area contributed by atoms with E-state index < -0.39 is 11.7 Å². The fourth-order valence-electron chi connectivity index (χ4n) is 2.87. The Kier molecular flexibility index (Phi) is 4.21. The van der Waals surface area contributed by atoms with E-state index in [1.807, 2.05) is 0 Å². The minimum absolute atomic E-state index is 0.182. The molecule has 1 aliphatic rings. The van der Waals surface area contributed by atoms with Crippen LogP contribution in [-0.4, -0.2) is 23.1 Å². The maximum atomic E-state index is 12.7. The molecule has 2 aromatic rings. The molecule has 0 bridgehead atoms. The average Bonchev–Trinajstić information content (AvgIpc) is 2.55. The molecule has 0 amide bonds. The van der Waals surface area contributed by atoms with Crippen LogP contribution in [0.15, 0.2) is 30.5 Å². The van der Waals surface area contributed by atoms with Crippen molar-refractivity contribution >= 4 is 5.95 Å². The lowest BCUT2D eigenvalue weighted by atomic mass is 9.90. The largest absolute Gasteiger partial charge is 0.416 e. The van der Waals surface area contributed by atoms with Crippen molar-refractivity contribution in [2.24, 2.45) is 0 Å². The molecule has 0 spiro atoms. The highest BCUT2D eigenvalue weighted by molar-refractivity contribution is 5.66. The van der Waals surface area contributed by atoms with Crippen LogP contribution < -0.4 is 11.1 Å². The Hall–Kier alpha value is -2.15. The molecule has 0 unspecified atom stereocenters. The van der Waals surface area contributed by atoms with Gasteiger partial charge in [0.1, 0.15) is 0 Å². The van der Waals surface area contributed by atoms with E-state index in [2.05, 4.69) is 15.3 Å². The molecule has 1 saturated heterocycles. The smallest absolute Gasteiger partial charge is 0.368 e. The Morgan fingerprint density at radius 2 is 1.91 bits per heavy atom. The molecule has 4 nitrogen and oxygen atoms in total. The summed E-state index contributed by atoms with van der Waals surface area (Å²) < 4.78 is 38.1. The Morgan fingerprint density at radius 1 is 1.17 bits per heavy atom. The molecule has 23 heavy (non-hydrogen) atoms. The van der Waals surface area contributed by atoms with Gasteiger partial charge in [-0.2, -0.15) is 13.2 Å². The molecule has 1 aromatic carbocycles. The van der Waals surface area contributed by atoms with Crippen molar-refractivity contribution in [3.8, 4) is 11.1 Å². The third-order valence-corrected chi connectivity index (χ3v) is 4.04. The maximum absolute atomic E-state index is 12.7. The molecular weight excluding hydrogens is 305 g/mol. The Balaban J connectivity index is 1.98. The topological polar surface area (TPSA) is 63.8 Å². The van der Waals surface area contributed by atoms with Gasteiger partial charge in [0.2, 0.25) is 5.95 Å². The summed E-state index contributed by atoms with van der Waals surface area (Å²) in [6, 6.07) is 5.07. The summed E-state index contributed by atoms with van der Waals surface area (Å²) >= 11 is 0. The molecule has 1 aliphatic heterocycles. The van der Waals surface area contributed by atoms with Crippen LogP contribution in [0.2, 0.25) is 0 Å². The molecule has 0 saturated carbocycles. The number of nitrogens with two attached hydrogens (primary N) is 1. The number of halogens is 3. The molecule has 122 valence electrons. The normalized spacial score (nSPS) is 18.8. The molecule has 1 aromatic heterocycles. The molecule has 3 rings (SSSR count). The highest BCUT2D eigenvalue weighted by Crippen LogP contribution is 2.34. The SMILES string of the molecule is Nc1ncc(-c2ccc(C(F)(F)F)cc2)c([C@H]2CCCNC2)n1. The lowest BCUT2D eigenvalue weighted by molar-refractivity contribution is -0.137. The predicted octanol–water partition coefficient (Wildman–Crippen LogP) is 3.21. The second-order valence-corrected chi connectivity index (χ2v) is 5.65. The van der Waals surface area contributed by atoms with E-state index in [0.29, 0.717) is 5.56 Å². The second kappa shape index (κ2) is 6.16. The summed E-state index contributed by atoms with van der Waals surface area (Å²) in [6.07, 6.45) is -0.751. The van der Waals surface area contributed by atoms with E-state index in [1.54, 1.807) is 6.20 Å². The van der Waals surface area contributed by atoms with Gasteiger partial charge in [-0.05, 0) is 37.1 Å². The molecule has 3 N–H and O–H groups in total. The van der Waals surface area contributed by atoms with E-state index in [-0.39, 0.29) is 11.9 Å². The lowest BCUT2D eigenvalue weighted by Crippen LogP contribution is -2.29. The highest BCUT2D eigenvalue weighted by atomic mass is 19.4. The van der Waals surface area contributed by atoms with Crippen molar-refractivity contribution in [1.29, 1.82) is 0 Å². The number of piperidine rings is 1. The quantitative estimate of drug-likeness (QED) is 0.891. The summed E-state index contributed by atoms with van der Waals surface area (Å²) in [6.45, 7) is 1.75. The first-order valence-electron chi connectivity index (χ1n) is 7.46. The number of alkyl halides is 3. The van der Waals surface area contributed by atoms with Gasteiger partial charge in [-0.3, -0.25) is 0 Å². The third kappa shape index (κ3) is 3.44. The summed E-state index contributed by atoms with van der Waals surface area (Å²) in [5.41, 5.74) is 7.23. The number of aromatic nitrogens is 2. The van der Waals surface area contributed by atoms with Crippen molar-refractivity contribution in [2.75, 3.05) is 18.8 Å². The summed E-state index contributed by atoms with van der Waals surface area (Å²) in [4.78, 5) is 8.36. The number of nitrogen functional groups attached to an aromatic ring is 1. The van der Waals surface area contributed by atoms with Gasteiger partial charge in [0.25, 0.3) is 0 Å². The number of nitrogens with one attached hydrogen (secondary N) is 1. The molecule has 1 atom stereocenters. The van der Waals surface area contributed by atoms with Crippen LogP contribution in [0.1, 0.15) is 30.0 Å². The van der Waals surface area contributed by atoms with Crippen LogP contribution in [0, 0.1) is 0 Å². The zero-order valence-corrected chi connectivity index (χ0v) is 12.4. The molecule has 0 aliphatic carbocycles. The number of nitrogens with zero attached hydrogens (tertiary/aromatic N) is 2. The summed E-state index contributed by atoms with van der Waals surface area (Å²) in [5, 5.41) is 3.31. The monoisotopic (exact) mass is 322 g/mol. The average molecular weight is 322 g/mol. The lowest BCUT2D eigenvalue weighted by Gasteiger charge is -2.24. The van der Waals surface area contributed by atoms with Crippen molar-refractivity contribution in [3.05, 3.63) is 41.7 Å². The van der Waals surface area contributed by atoms with E-state index >= 15 is 0 Å². The minimum atomic E-state index is -4.34. The predicted molar refractivity (Wildman–Crippen MR) is 81.7 cm³/mol. The van der Waals surface area contributed by atoms with Crippen LogP contribution in [0.4, 0.5) is 19.1 Å². The van der Waals surface area contributed by atoms with Crippen molar-refractivity contribution in [3.63, 3.8) is 0 Å². The minimum Gasteiger partial charge on any atom is -0.368 e. The molecular formula is C16H17F3N4. The van der Waals surface area contributed by atoms with Gasteiger partial charge in [-0.25, -0.2) is 9.97 Å². The fourth-order valence-corrected chi connectivity index (χ4v) is 2.87. The standard InChI is InChI=1S/C16H17F3N4/c17-16(18,19)12-5-3-10(4-6-12)13-9-22-15(20)23-14(13)11-2-1-7-21-8-11/h3-6,9,11,21H,1-2,7-8H2,(H2,20,22,23)/t11-/m0/s1. The number of hydrogen-bond donors (Lipinski definition) is 2. The van der Waals surface area contributed by atoms with Gasteiger partial charge in [0, 0.05) is 24.2 Å². The summed E-state index contributed by atoms with van der Waals surface area (Å²) in [7, 11) is 0. The van der Waals surface area contributed by atoms with Gasteiger partial charge in [0.05, 0.1) is 11.3 Å². The Morgan fingerprint density at radius 3 is 2.52 bits per heavy atom. The van der Waals surface area contributed by atoms with Gasteiger partial charge < -0.3 is 11.1 Å². The fraction of sp³-hybridized carbons (Fsp3) is 0.375. The van der Waals surface area contributed by atoms with E-state index in [4.69, 9.17) is 5.73 Å². The van der Waals surface area contributed by atoms with Crippen LogP contribution in [-0.2, 0) is 6.18 Å². The first kappa shape index (κ1) is 15.7. The van der Waals surface area contributed by atoms with Crippen molar-refractivity contribution in [1.82, 2.24) is 15.3 Å². The van der Waals surface area contributed by atoms with Gasteiger partial charge in [0.15, 0.2) is 0 Å². The van der Waals surface area contributed by atoms with Gasteiger partial charge >= 0.3 is 6.18 Å². The van der Waals surface area contributed by atoms with E-state index in [9.17, 15) is 13.2 Å².